The molecule has 2 rings (SSSR count). The van der Waals surface area contributed by atoms with Crippen LogP contribution in [-0.4, -0.2) is 49.0 Å². The van der Waals surface area contributed by atoms with Crippen molar-refractivity contribution in [1.29, 1.82) is 0 Å². The first-order chi connectivity index (χ1) is 13.0. The summed E-state index contributed by atoms with van der Waals surface area (Å²) in [6.07, 6.45) is 0. The molecular weight excluding hydrogens is 342 g/mol. The minimum Gasteiger partial charge on any atom is -0.497 e. The van der Waals surface area contributed by atoms with Crippen molar-refractivity contribution >= 4 is 11.9 Å². The van der Waals surface area contributed by atoms with E-state index in [1.54, 1.807) is 19.1 Å². The molecule has 0 radical (unpaired) electrons. The van der Waals surface area contributed by atoms with Gasteiger partial charge in [0.25, 0.3) is 0 Å². The van der Waals surface area contributed by atoms with E-state index in [9.17, 15) is 9.59 Å². The Morgan fingerprint density at radius 1 is 1.00 bits per heavy atom. The predicted octanol–water partition coefficient (Wildman–Crippen LogP) is 2.89. The number of nitrogens with zero attached hydrogens (tertiary/aromatic N) is 2. The SMILES string of the molecule is CCN(Cc1ccccc1)C(=O)CNC(=O)N(C)Cc1cccc(OC)c1. The molecule has 0 unspecified atom stereocenters. The van der Waals surface area contributed by atoms with E-state index >= 15 is 0 Å². The fourth-order valence-electron chi connectivity index (χ4n) is 2.69. The lowest BCUT2D eigenvalue weighted by molar-refractivity contribution is -0.130. The maximum absolute atomic E-state index is 12.4. The van der Waals surface area contributed by atoms with Crippen LogP contribution in [0.5, 0.6) is 5.75 Å². The smallest absolute Gasteiger partial charge is 0.317 e. The molecule has 0 atom stereocenters. The molecule has 2 aromatic carbocycles. The molecule has 6 heteroatoms. The number of likely N-dealkylation sites (N-methyl/N-ethyl adjacent to an activating group) is 1. The molecule has 0 aliphatic heterocycles. The molecule has 0 saturated carbocycles. The molecule has 6 nitrogen and oxygen atoms in total. The third-order valence-corrected chi connectivity index (χ3v) is 4.24. The first kappa shape index (κ1) is 20.3. The van der Waals surface area contributed by atoms with Crippen molar-refractivity contribution in [2.24, 2.45) is 0 Å². The average Bonchev–Trinajstić information content (AvgIpc) is 2.70. The van der Waals surface area contributed by atoms with Gasteiger partial charge in [-0.2, -0.15) is 0 Å². The van der Waals surface area contributed by atoms with Gasteiger partial charge in [0.05, 0.1) is 13.7 Å². The first-order valence-corrected chi connectivity index (χ1v) is 8.97. The first-order valence-electron chi connectivity index (χ1n) is 8.97. The Morgan fingerprint density at radius 3 is 2.37 bits per heavy atom. The van der Waals surface area contributed by atoms with Gasteiger partial charge in [0.1, 0.15) is 5.75 Å². The molecule has 0 spiro atoms. The number of amides is 3. The maximum Gasteiger partial charge on any atom is 0.317 e. The fourth-order valence-corrected chi connectivity index (χ4v) is 2.69. The van der Waals surface area contributed by atoms with Gasteiger partial charge in [0, 0.05) is 26.7 Å². The minimum atomic E-state index is -0.290. The number of benzene rings is 2. The van der Waals surface area contributed by atoms with Crippen LogP contribution < -0.4 is 10.1 Å². The monoisotopic (exact) mass is 369 g/mol. The molecule has 27 heavy (non-hydrogen) atoms. The number of methoxy groups -OCH3 is 1. The highest BCUT2D eigenvalue weighted by Crippen LogP contribution is 2.13. The van der Waals surface area contributed by atoms with Crippen molar-refractivity contribution in [1.82, 2.24) is 15.1 Å². The van der Waals surface area contributed by atoms with Crippen LogP contribution in [0, 0.1) is 0 Å². The normalized spacial score (nSPS) is 10.2. The van der Waals surface area contributed by atoms with Crippen LogP contribution in [0.2, 0.25) is 0 Å². The van der Waals surface area contributed by atoms with Crippen LogP contribution >= 0.6 is 0 Å². The molecule has 0 saturated heterocycles. The minimum absolute atomic E-state index is 0.0258. The molecule has 0 aliphatic rings. The number of hydrogen-bond donors (Lipinski definition) is 1. The lowest BCUT2D eigenvalue weighted by Gasteiger charge is -2.23. The number of ether oxygens (including phenoxy) is 1. The topological polar surface area (TPSA) is 61.9 Å². The van der Waals surface area contributed by atoms with Crippen molar-refractivity contribution in [3.05, 3.63) is 65.7 Å². The molecule has 1 N–H and O–H groups in total. The number of hydrogen-bond acceptors (Lipinski definition) is 3. The average molecular weight is 369 g/mol. The Bertz CT molecular complexity index is 749. The van der Waals surface area contributed by atoms with Crippen LogP contribution in [0.15, 0.2) is 54.6 Å². The number of carbonyl (C=O) groups is 2. The zero-order valence-electron chi connectivity index (χ0n) is 16.1. The summed E-state index contributed by atoms with van der Waals surface area (Å²) in [7, 11) is 3.30. The summed E-state index contributed by atoms with van der Waals surface area (Å²) < 4.78 is 5.19. The molecular formula is C21H27N3O3. The number of nitrogens with one attached hydrogen (secondary N) is 1. The number of carbonyl (C=O) groups excluding carboxylic acids is 2. The van der Waals surface area contributed by atoms with E-state index < -0.39 is 0 Å². The van der Waals surface area contributed by atoms with Crippen molar-refractivity contribution < 1.29 is 14.3 Å². The number of urea groups is 1. The van der Waals surface area contributed by atoms with Crippen molar-refractivity contribution in [2.45, 2.75) is 20.0 Å². The van der Waals surface area contributed by atoms with Crippen LogP contribution in [0.25, 0.3) is 0 Å². The summed E-state index contributed by atoms with van der Waals surface area (Å²) >= 11 is 0. The van der Waals surface area contributed by atoms with Gasteiger partial charge in [-0.15, -0.1) is 0 Å². The van der Waals surface area contributed by atoms with Crippen molar-refractivity contribution in [3.8, 4) is 5.75 Å². The van der Waals surface area contributed by atoms with E-state index in [2.05, 4.69) is 5.32 Å². The van der Waals surface area contributed by atoms with Crippen LogP contribution in [0.1, 0.15) is 18.1 Å². The molecule has 3 amide bonds. The van der Waals surface area contributed by atoms with Crippen LogP contribution in [0.4, 0.5) is 4.79 Å². The summed E-state index contributed by atoms with van der Waals surface area (Å²) in [5.41, 5.74) is 2.02. The second kappa shape index (κ2) is 10.2. The highest BCUT2D eigenvalue weighted by atomic mass is 16.5. The Kier molecular flexibility index (Phi) is 7.67. The van der Waals surface area contributed by atoms with Gasteiger partial charge >= 0.3 is 6.03 Å². The highest BCUT2D eigenvalue weighted by molar-refractivity contribution is 5.83. The van der Waals surface area contributed by atoms with Crippen molar-refractivity contribution in [3.63, 3.8) is 0 Å². The van der Waals surface area contributed by atoms with E-state index in [4.69, 9.17) is 4.74 Å². The molecule has 0 aliphatic carbocycles. The molecule has 0 fully saturated rings. The van der Waals surface area contributed by atoms with Crippen molar-refractivity contribution in [2.75, 3.05) is 27.2 Å². The van der Waals surface area contributed by atoms with Gasteiger partial charge in [-0.1, -0.05) is 42.5 Å². The van der Waals surface area contributed by atoms with Gasteiger partial charge in [0.15, 0.2) is 0 Å². The summed E-state index contributed by atoms with van der Waals surface area (Å²) in [5, 5.41) is 2.70. The second-order valence-electron chi connectivity index (χ2n) is 6.26. The summed E-state index contributed by atoms with van der Waals surface area (Å²) in [6, 6.07) is 17.1. The summed E-state index contributed by atoms with van der Waals surface area (Å²) in [4.78, 5) is 28.0. The third kappa shape index (κ3) is 6.33. The van der Waals surface area contributed by atoms with Gasteiger partial charge in [0.2, 0.25) is 5.91 Å². The Hall–Kier alpha value is -3.02. The standard InChI is InChI=1S/C21H27N3O3/c1-4-24(16-17-9-6-5-7-10-17)20(25)14-22-21(26)23(2)15-18-11-8-12-19(13-18)27-3/h5-13H,4,14-16H2,1-3H3,(H,22,26). The lowest BCUT2D eigenvalue weighted by atomic mass is 10.2. The van der Waals surface area contributed by atoms with E-state index in [0.29, 0.717) is 19.6 Å². The van der Waals surface area contributed by atoms with E-state index in [0.717, 1.165) is 16.9 Å². The lowest BCUT2D eigenvalue weighted by Crippen LogP contribution is -2.44. The maximum atomic E-state index is 12.4. The fraction of sp³-hybridized carbons (Fsp3) is 0.333. The summed E-state index contributed by atoms with van der Waals surface area (Å²) in [5.74, 6) is 0.639. The number of rotatable bonds is 8. The van der Waals surface area contributed by atoms with E-state index in [1.165, 1.54) is 4.90 Å². The zero-order chi connectivity index (χ0) is 19.6. The molecule has 0 heterocycles. The summed E-state index contributed by atoms with van der Waals surface area (Å²) in [6.45, 7) is 3.45. The van der Waals surface area contributed by atoms with Gasteiger partial charge < -0.3 is 19.9 Å². The van der Waals surface area contributed by atoms with E-state index in [-0.39, 0.29) is 18.5 Å². The highest BCUT2D eigenvalue weighted by Gasteiger charge is 2.15. The Labute approximate surface area is 160 Å². The molecule has 144 valence electrons. The Morgan fingerprint density at radius 2 is 1.70 bits per heavy atom. The third-order valence-electron chi connectivity index (χ3n) is 4.24. The molecule has 2 aromatic rings. The largest absolute Gasteiger partial charge is 0.497 e. The van der Waals surface area contributed by atoms with Gasteiger partial charge in [-0.3, -0.25) is 4.79 Å². The van der Waals surface area contributed by atoms with Crippen LogP contribution in [0.3, 0.4) is 0 Å². The second-order valence-corrected chi connectivity index (χ2v) is 6.26. The predicted molar refractivity (Wildman–Crippen MR) is 105 cm³/mol. The van der Waals surface area contributed by atoms with E-state index in [1.807, 2.05) is 61.5 Å². The zero-order valence-corrected chi connectivity index (χ0v) is 16.1. The molecule has 0 aromatic heterocycles. The van der Waals surface area contributed by atoms with Crippen LogP contribution in [-0.2, 0) is 17.9 Å². The van der Waals surface area contributed by atoms with Gasteiger partial charge in [-0.25, -0.2) is 4.79 Å². The van der Waals surface area contributed by atoms with Gasteiger partial charge in [-0.05, 0) is 30.2 Å². The quantitative estimate of drug-likeness (QED) is 0.778. The Balaban J connectivity index is 1.84. The molecule has 0 bridgehead atoms.